The van der Waals surface area contributed by atoms with Crippen molar-refractivity contribution in [1.29, 1.82) is 0 Å². The van der Waals surface area contributed by atoms with Gasteiger partial charge in [-0.05, 0) is 29.9 Å². The van der Waals surface area contributed by atoms with Crippen LogP contribution in [0, 0.1) is 16.0 Å². The standard InChI is InChI=1S/C14H8BrN5O3S2/c15-7-3-1-2-6(4-7)10-9-11(17-13(24)16-10)19-5-8(20(22)23)25-14(19)18-12(9)21/h1-5,9-10H,(H,16,24). The third-order valence-corrected chi connectivity index (χ3v) is 5.49. The lowest BCUT2D eigenvalue weighted by atomic mass is 9.89. The van der Waals surface area contributed by atoms with Gasteiger partial charge in [-0.25, -0.2) is 4.99 Å². The van der Waals surface area contributed by atoms with Gasteiger partial charge in [-0.15, -0.1) is 0 Å². The molecule has 0 aliphatic carbocycles. The van der Waals surface area contributed by atoms with Gasteiger partial charge in [-0.2, -0.15) is 4.99 Å². The lowest BCUT2D eigenvalue weighted by molar-refractivity contribution is -0.410. The van der Waals surface area contributed by atoms with Crippen molar-refractivity contribution in [2.75, 3.05) is 0 Å². The Hall–Kier alpha value is -2.11. The van der Waals surface area contributed by atoms with E-state index in [1.807, 2.05) is 24.3 Å². The number of carbonyl (C=O) groups excluding carboxylic acids is 1. The van der Waals surface area contributed by atoms with Crippen LogP contribution in [-0.2, 0) is 4.79 Å². The summed E-state index contributed by atoms with van der Waals surface area (Å²) in [6.07, 6.45) is 1.33. The van der Waals surface area contributed by atoms with E-state index in [-0.39, 0.29) is 15.3 Å². The monoisotopic (exact) mass is 437 g/mol. The molecule has 8 nitrogen and oxygen atoms in total. The first-order chi connectivity index (χ1) is 11.9. The molecular weight excluding hydrogens is 430 g/mol. The number of hydrogen-bond acceptors (Lipinski definition) is 6. The summed E-state index contributed by atoms with van der Waals surface area (Å²) in [5.74, 6) is -0.767. The minimum atomic E-state index is -0.715. The Bertz CT molecular complexity index is 929. The highest BCUT2D eigenvalue weighted by Crippen LogP contribution is 2.38. The lowest BCUT2D eigenvalue weighted by Crippen LogP contribution is -2.52. The molecule has 4 rings (SSSR count). The molecule has 126 valence electrons. The Balaban J connectivity index is 1.81. The minimum absolute atomic E-state index is 0.113. The molecule has 0 saturated carbocycles. The van der Waals surface area contributed by atoms with Crippen molar-refractivity contribution >= 4 is 61.9 Å². The molecule has 11 heteroatoms. The van der Waals surface area contributed by atoms with E-state index in [1.54, 1.807) is 0 Å². The number of benzene rings is 1. The van der Waals surface area contributed by atoms with Crippen molar-refractivity contribution < 1.29 is 9.72 Å². The molecule has 1 aromatic carbocycles. The largest absolute Gasteiger partial charge is 0.353 e. The molecule has 0 bridgehead atoms. The normalized spacial score (nSPS) is 24.7. The average molecular weight is 438 g/mol. The van der Waals surface area contributed by atoms with Crippen LogP contribution in [0.2, 0.25) is 0 Å². The van der Waals surface area contributed by atoms with Gasteiger partial charge >= 0.3 is 5.03 Å². The van der Waals surface area contributed by atoms with Crippen LogP contribution in [0.25, 0.3) is 0 Å². The predicted molar refractivity (Wildman–Crippen MR) is 100 cm³/mol. The van der Waals surface area contributed by atoms with Crippen LogP contribution in [-0.4, -0.2) is 31.8 Å². The third kappa shape index (κ3) is 2.77. The number of thiocarbonyl (C=S) groups is 1. The first kappa shape index (κ1) is 16.4. The molecule has 25 heavy (non-hydrogen) atoms. The average Bonchev–Trinajstić information content (AvgIpc) is 2.98. The second-order valence-electron chi connectivity index (χ2n) is 5.36. The summed E-state index contributed by atoms with van der Waals surface area (Å²) in [5, 5.41) is 14.4. The Labute approximate surface area is 159 Å². The van der Waals surface area contributed by atoms with E-state index in [0.717, 1.165) is 21.8 Å². The first-order valence-corrected chi connectivity index (χ1v) is 9.06. The number of hydrogen-bond donors (Lipinski definition) is 1. The Morgan fingerprint density at radius 1 is 1.40 bits per heavy atom. The molecule has 2 unspecified atom stereocenters. The van der Waals surface area contributed by atoms with Crippen molar-refractivity contribution in [3.63, 3.8) is 0 Å². The zero-order chi connectivity index (χ0) is 17.7. The van der Waals surface area contributed by atoms with Gasteiger partial charge in [-0.1, -0.05) is 28.1 Å². The Morgan fingerprint density at radius 3 is 2.92 bits per heavy atom. The number of fused-ring (bicyclic) bond motifs is 3. The molecule has 3 heterocycles. The van der Waals surface area contributed by atoms with Gasteiger partial charge in [0.25, 0.3) is 5.91 Å². The first-order valence-electron chi connectivity index (χ1n) is 7.04. The summed E-state index contributed by atoms with van der Waals surface area (Å²) in [6, 6.07) is 7.04. The van der Waals surface area contributed by atoms with E-state index < -0.39 is 22.8 Å². The number of nitro groups is 1. The molecule has 0 aromatic heterocycles. The van der Waals surface area contributed by atoms with Crippen molar-refractivity contribution in [2.24, 2.45) is 15.9 Å². The summed E-state index contributed by atoms with van der Waals surface area (Å²) in [7, 11) is 0. The Morgan fingerprint density at radius 2 is 2.20 bits per heavy atom. The molecule has 2 atom stereocenters. The van der Waals surface area contributed by atoms with E-state index in [4.69, 9.17) is 12.2 Å². The summed E-state index contributed by atoms with van der Waals surface area (Å²) < 4.78 is 0.862. The number of aliphatic imine (C=N–C) groups is 2. The minimum Gasteiger partial charge on any atom is -0.353 e. The van der Waals surface area contributed by atoms with Gasteiger partial charge in [0, 0.05) is 16.2 Å². The summed E-state index contributed by atoms with van der Waals surface area (Å²) in [6.45, 7) is 0. The van der Waals surface area contributed by atoms with E-state index >= 15 is 0 Å². The van der Waals surface area contributed by atoms with Crippen molar-refractivity contribution in [2.45, 2.75) is 6.04 Å². The SMILES string of the molecule is O=C1N=C2SC([N+](=O)[O-])=CN2C2=NC(=S)NC(c3cccc(Br)c3)C12. The number of amidine groups is 2. The molecule has 0 radical (unpaired) electrons. The smallest absolute Gasteiger partial charge is 0.327 e. The van der Waals surface area contributed by atoms with Gasteiger partial charge in [0.1, 0.15) is 11.8 Å². The maximum Gasteiger partial charge on any atom is 0.327 e. The van der Waals surface area contributed by atoms with Crippen LogP contribution in [0.4, 0.5) is 0 Å². The Kier molecular flexibility index (Phi) is 3.93. The highest BCUT2D eigenvalue weighted by Gasteiger charge is 2.47. The van der Waals surface area contributed by atoms with E-state index in [9.17, 15) is 14.9 Å². The number of rotatable bonds is 2. The third-order valence-electron chi connectivity index (χ3n) is 3.85. The van der Waals surface area contributed by atoms with Crippen LogP contribution in [0.15, 0.2) is 50.0 Å². The molecule has 3 aliphatic heterocycles. The van der Waals surface area contributed by atoms with E-state index in [1.165, 1.54) is 11.1 Å². The topological polar surface area (TPSA) is 100 Å². The maximum atomic E-state index is 12.6. The van der Waals surface area contributed by atoms with Crippen LogP contribution < -0.4 is 5.32 Å². The van der Waals surface area contributed by atoms with Crippen molar-refractivity contribution in [1.82, 2.24) is 10.2 Å². The number of nitrogens with one attached hydrogen (secondary N) is 1. The molecule has 0 saturated heterocycles. The quantitative estimate of drug-likeness (QED) is 0.430. The van der Waals surface area contributed by atoms with Crippen LogP contribution in [0.1, 0.15) is 11.6 Å². The van der Waals surface area contributed by atoms with E-state index in [0.29, 0.717) is 5.84 Å². The zero-order valence-electron chi connectivity index (χ0n) is 12.2. The second-order valence-corrected chi connectivity index (χ2v) is 7.65. The fourth-order valence-electron chi connectivity index (χ4n) is 2.83. The summed E-state index contributed by atoms with van der Waals surface area (Å²) in [4.78, 5) is 32.9. The number of amides is 1. The van der Waals surface area contributed by atoms with Gasteiger partial charge in [0.05, 0.1) is 17.2 Å². The fraction of sp³-hybridized carbons (Fsp3) is 0.143. The summed E-state index contributed by atoms with van der Waals surface area (Å²) in [5.41, 5.74) is 0.839. The molecule has 0 fully saturated rings. The molecule has 0 spiro atoms. The number of carbonyl (C=O) groups is 1. The molecule has 1 N–H and O–H groups in total. The zero-order valence-corrected chi connectivity index (χ0v) is 15.5. The summed E-state index contributed by atoms with van der Waals surface area (Å²) >= 11 is 9.46. The van der Waals surface area contributed by atoms with Crippen molar-refractivity contribution in [3.05, 3.63) is 55.6 Å². The number of halogens is 1. The van der Waals surface area contributed by atoms with Crippen LogP contribution in [0.5, 0.6) is 0 Å². The highest BCUT2D eigenvalue weighted by atomic mass is 79.9. The second kappa shape index (κ2) is 6.00. The van der Waals surface area contributed by atoms with Crippen LogP contribution in [0.3, 0.4) is 0 Å². The molecule has 3 aliphatic rings. The van der Waals surface area contributed by atoms with Gasteiger partial charge in [-0.3, -0.25) is 19.8 Å². The van der Waals surface area contributed by atoms with Crippen molar-refractivity contribution in [3.8, 4) is 0 Å². The van der Waals surface area contributed by atoms with Gasteiger partial charge in [0.2, 0.25) is 0 Å². The number of nitrogens with zero attached hydrogens (tertiary/aromatic N) is 4. The fourth-order valence-corrected chi connectivity index (χ4v) is 4.26. The lowest BCUT2D eigenvalue weighted by Gasteiger charge is -2.36. The molecular formula is C14H8BrN5O3S2. The number of thioether (sulfide) groups is 1. The van der Waals surface area contributed by atoms with Gasteiger partial charge < -0.3 is 5.32 Å². The van der Waals surface area contributed by atoms with E-state index in [2.05, 4.69) is 31.2 Å². The predicted octanol–water partition coefficient (Wildman–Crippen LogP) is 2.41. The van der Waals surface area contributed by atoms with Gasteiger partial charge in [0.15, 0.2) is 10.3 Å². The molecule has 1 amide bonds. The molecule has 1 aromatic rings. The highest BCUT2D eigenvalue weighted by molar-refractivity contribution is 9.10. The maximum absolute atomic E-state index is 12.6. The van der Waals surface area contributed by atoms with Crippen LogP contribution >= 0.6 is 39.9 Å².